The van der Waals surface area contributed by atoms with E-state index < -0.39 is 0 Å². The van der Waals surface area contributed by atoms with E-state index in [4.69, 9.17) is 4.74 Å². The van der Waals surface area contributed by atoms with Crippen molar-refractivity contribution in [2.45, 2.75) is 37.8 Å². The van der Waals surface area contributed by atoms with E-state index in [-0.39, 0.29) is 5.91 Å². The van der Waals surface area contributed by atoms with Gasteiger partial charge in [-0.2, -0.15) is 0 Å². The molecule has 0 spiro atoms. The molecule has 1 aromatic carbocycles. The van der Waals surface area contributed by atoms with Crippen molar-refractivity contribution < 1.29 is 9.53 Å². The molecule has 5 nitrogen and oxygen atoms in total. The summed E-state index contributed by atoms with van der Waals surface area (Å²) in [7, 11) is 0. The van der Waals surface area contributed by atoms with Gasteiger partial charge in [-0.25, -0.2) is 0 Å². The van der Waals surface area contributed by atoms with E-state index in [0.29, 0.717) is 18.0 Å². The van der Waals surface area contributed by atoms with Crippen LogP contribution in [0.5, 0.6) is 0 Å². The number of aromatic nitrogens is 1. The number of hydrogen-bond acceptors (Lipinski definition) is 3. The summed E-state index contributed by atoms with van der Waals surface area (Å²) in [6.45, 7) is 4.85. The Hall–Kier alpha value is -1.85. The molecule has 1 N–H and O–H groups in total. The van der Waals surface area contributed by atoms with Crippen LogP contribution in [0, 0.1) is 5.92 Å². The first-order valence-electron chi connectivity index (χ1n) is 9.98. The molecule has 0 radical (unpaired) electrons. The van der Waals surface area contributed by atoms with Crippen molar-refractivity contribution in [1.29, 1.82) is 0 Å². The Morgan fingerprint density at radius 2 is 1.88 bits per heavy atom. The molecule has 4 saturated heterocycles. The molecule has 1 amide bonds. The zero-order valence-corrected chi connectivity index (χ0v) is 15.2. The number of H-pyrrole nitrogens is 1. The summed E-state index contributed by atoms with van der Waals surface area (Å²) in [6.07, 6.45) is 6.60. The van der Waals surface area contributed by atoms with Gasteiger partial charge in [0.05, 0.1) is 0 Å². The molecule has 4 aliphatic rings. The van der Waals surface area contributed by atoms with Gasteiger partial charge in [0.1, 0.15) is 0 Å². The average Bonchev–Trinajstić information content (AvgIpc) is 2.97. The third-order valence-electron chi connectivity index (χ3n) is 6.51. The second-order valence-electron chi connectivity index (χ2n) is 8.13. The molecule has 6 rings (SSSR count). The Labute approximate surface area is 154 Å². The summed E-state index contributed by atoms with van der Waals surface area (Å²) in [4.78, 5) is 21.3. The van der Waals surface area contributed by atoms with Crippen LogP contribution in [0.3, 0.4) is 0 Å². The number of piperidine rings is 1. The average molecular weight is 353 g/mol. The first-order valence-corrected chi connectivity index (χ1v) is 9.98. The lowest BCUT2D eigenvalue weighted by atomic mass is 9.94. The number of nitrogens with one attached hydrogen (secondary N) is 1. The zero-order valence-electron chi connectivity index (χ0n) is 15.2. The molecule has 26 heavy (non-hydrogen) atoms. The molecular formula is C21H27N3O2. The smallest absolute Gasteiger partial charge is 0.254 e. The quantitative estimate of drug-likeness (QED) is 0.903. The van der Waals surface area contributed by atoms with Crippen LogP contribution < -0.4 is 0 Å². The highest BCUT2D eigenvalue weighted by atomic mass is 16.5. The van der Waals surface area contributed by atoms with E-state index in [9.17, 15) is 4.79 Å². The summed E-state index contributed by atoms with van der Waals surface area (Å²) in [6, 6.07) is 9.04. The number of aromatic amines is 1. The summed E-state index contributed by atoms with van der Waals surface area (Å²) in [5.74, 6) is 0.813. The van der Waals surface area contributed by atoms with Gasteiger partial charge in [0.2, 0.25) is 0 Å². The van der Waals surface area contributed by atoms with Crippen LogP contribution in [0.4, 0.5) is 0 Å². The molecule has 5 heteroatoms. The normalized spacial score (nSPS) is 27.8. The number of carbonyl (C=O) groups excluding carboxylic acids is 1. The van der Waals surface area contributed by atoms with Crippen molar-refractivity contribution in [2.75, 3.05) is 32.8 Å². The van der Waals surface area contributed by atoms with Gasteiger partial charge in [0.25, 0.3) is 5.91 Å². The standard InChI is InChI=1S/C21H27N3O2/c25-21(17-2-4-20-16(11-17)5-8-22-20)24-13-15-1-3-19(24)14-23(12-15)18-6-9-26-10-7-18/h2,4-5,8,11,15,18-19,22H,1,3,6-7,9-10,12-14H2. The first-order chi connectivity index (χ1) is 12.8. The van der Waals surface area contributed by atoms with Gasteiger partial charge in [0, 0.05) is 67.6 Å². The van der Waals surface area contributed by atoms with Crippen LogP contribution in [-0.4, -0.2) is 65.6 Å². The van der Waals surface area contributed by atoms with E-state index in [0.717, 1.165) is 68.6 Å². The van der Waals surface area contributed by atoms with Crippen molar-refractivity contribution in [2.24, 2.45) is 5.92 Å². The molecule has 2 unspecified atom stereocenters. The lowest BCUT2D eigenvalue weighted by Crippen LogP contribution is -2.48. The lowest BCUT2D eigenvalue weighted by Gasteiger charge is -2.37. The third kappa shape index (κ3) is 2.93. The molecule has 4 aliphatic heterocycles. The van der Waals surface area contributed by atoms with Gasteiger partial charge >= 0.3 is 0 Å². The lowest BCUT2D eigenvalue weighted by molar-refractivity contribution is 0.0304. The van der Waals surface area contributed by atoms with E-state index in [1.807, 2.05) is 30.5 Å². The molecule has 0 aliphatic carbocycles. The Morgan fingerprint density at radius 1 is 1.00 bits per heavy atom. The van der Waals surface area contributed by atoms with Crippen LogP contribution >= 0.6 is 0 Å². The number of carbonyl (C=O) groups is 1. The van der Waals surface area contributed by atoms with Crippen molar-refractivity contribution in [3.8, 4) is 0 Å². The summed E-state index contributed by atoms with van der Waals surface area (Å²) in [5, 5.41) is 1.11. The van der Waals surface area contributed by atoms with Crippen LogP contribution in [-0.2, 0) is 4.74 Å². The molecule has 5 heterocycles. The zero-order chi connectivity index (χ0) is 17.5. The largest absolute Gasteiger partial charge is 0.381 e. The van der Waals surface area contributed by atoms with Crippen LogP contribution in [0.2, 0.25) is 0 Å². The number of ether oxygens (including phenoxy) is 1. The Kier molecular flexibility index (Phi) is 4.21. The molecule has 4 fully saturated rings. The maximum Gasteiger partial charge on any atom is 0.254 e. The van der Waals surface area contributed by atoms with Gasteiger partial charge in [-0.15, -0.1) is 0 Å². The highest BCUT2D eigenvalue weighted by Crippen LogP contribution is 2.32. The topological polar surface area (TPSA) is 48.6 Å². The van der Waals surface area contributed by atoms with E-state index in [1.165, 1.54) is 6.42 Å². The summed E-state index contributed by atoms with van der Waals surface area (Å²) in [5.41, 5.74) is 1.91. The minimum atomic E-state index is 0.205. The highest BCUT2D eigenvalue weighted by molar-refractivity contribution is 5.98. The van der Waals surface area contributed by atoms with Crippen LogP contribution in [0.25, 0.3) is 10.9 Å². The Morgan fingerprint density at radius 3 is 2.77 bits per heavy atom. The van der Waals surface area contributed by atoms with Crippen LogP contribution in [0.1, 0.15) is 36.0 Å². The third-order valence-corrected chi connectivity index (χ3v) is 6.51. The fourth-order valence-corrected chi connectivity index (χ4v) is 5.07. The second-order valence-corrected chi connectivity index (χ2v) is 8.13. The van der Waals surface area contributed by atoms with E-state index in [1.54, 1.807) is 0 Å². The van der Waals surface area contributed by atoms with Gasteiger partial charge in [-0.3, -0.25) is 9.69 Å². The molecular weight excluding hydrogens is 326 g/mol. The van der Waals surface area contributed by atoms with Gasteiger partial charge in [0.15, 0.2) is 0 Å². The number of nitrogens with zero attached hydrogens (tertiary/aromatic N) is 2. The first kappa shape index (κ1) is 16.3. The molecule has 2 atom stereocenters. The molecule has 138 valence electrons. The number of amides is 1. The minimum absolute atomic E-state index is 0.205. The maximum atomic E-state index is 13.3. The minimum Gasteiger partial charge on any atom is -0.381 e. The van der Waals surface area contributed by atoms with E-state index >= 15 is 0 Å². The molecule has 2 bridgehead atoms. The molecule has 0 saturated carbocycles. The van der Waals surface area contributed by atoms with E-state index in [2.05, 4.69) is 14.8 Å². The van der Waals surface area contributed by atoms with Gasteiger partial charge < -0.3 is 14.6 Å². The fraction of sp³-hybridized carbons (Fsp3) is 0.571. The molecule has 2 aromatic rings. The number of hydrogen-bond donors (Lipinski definition) is 1. The second kappa shape index (κ2) is 6.71. The number of fused-ring (bicyclic) bond motifs is 5. The van der Waals surface area contributed by atoms with Crippen molar-refractivity contribution in [3.05, 3.63) is 36.0 Å². The Bertz CT molecular complexity index is 795. The predicted molar refractivity (Wildman–Crippen MR) is 101 cm³/mol. The van der Waals surface area contributed by atoms with Crippen LogP contribution in [0.15, 0.2) is 30.5 Å². The SMILES string of the molecule is O=C(c1ccc2[nH]ccc2c1)N1CC2CCC1CN(C1CCOCC1)C2. The summed E-state index contributed by atoms with van der Waals surface area (Å²) >= 11 is 0. The molecule has 1 aromatic heterocycles. The monoisotopic (exact) mass is 353 g/mol. The van der Waals surface area contributed by atoms with Crippen molar-refractivity contribution >= 4 is 16.8 Å². The number of benzene rings is 1. The van der Waals surface area contributed by atoms with Crippen molar-refractivity contribution in [1.82, 2.24) is 14.8 Å². The predicted octanol–water partition coefficient (Wildman–Crippen LogP) is 2.88. The Balaban J connectivity index is 1.36. The maximum absolute atomic E-state index is 13.3. The number of rotatable bonds is 2. The summed E-state index contributed by atoms with van der Waals surface area (Å²) < 4.78 is 5.54. The highest BCUT2D eigenvalue weighted by Gasteiger charge is 2.39. The van der Waals surface area contributed by atoms with Gasteiger partial charge in [-0.05, 0) is 55.9 Å². The fourth-order valence-electron chi connectivity index (χ4n) is 5.07. The van der Waals surface area contributed by atoms with Crippen molar-refractivity contribution in [3.63, 3.8) is 0 Å². The van der Waals surface area contributed by atoms with Gasteiger partial charge in [-0.1, -0.05) is 0 Å².